The summed E-state index contributed by atoms with van der Waals surface area (Å²) in [6, 6.07) is 0.846. The predicted octanol–water partition coefficient (Wildman–Crippen LogP) is 1.95. The lowest BCUT2D eigenvalue weighted by Crippen LogP contribution is -2.45. The number of amides is 3. The summed E-state index contributed by atoms with van der Waals surface area (Å²) in [5, 5.41) is 5.92. The van der Waals surface area contributed by atoms with Gasteiger partial charge in [0.1, 0.15) is 0 Å². The van der Waals surface area contributed by atoms with Crippen molar-refractivity contribution in [2.24, 2.45) is 0 Å². The van der Waals surface area contributed by atoms with Crippen molar-refractivity contribution in [2.75, 3.05) is 33.7 Å². The molecule has 2 rings (SSSR count). The lowest BCUT2D eigenvalue weighted by Gasteiger charge is -2.35. The molecular formula is C18H34N4O2. The van der Waals surface area contributed by atoms with E-state index in [1.807, 2.05) is 4.90 Å². The van der Waals surface area contributed by atoms with Crippen molar-refractivity contribution >= 4 is 11.9 Å². The number of urea groups is 1. The van der Waals surface area contributed by atoms with Crippen molar-refractivity contribution in [1.29, 1.82) is 0 Å². The second-order valence-corrected chi connectivity index (χ2v) is 7.41. The van der Waals surface area contributed by atoms with Gasteiger partial charge in [0.25, 0.3) is 0 Å². The maximum absolute atomic E-state index is 12.2. The minimum absolute atomic E-state index is 0.0823. The summed E-state index contributed by atoms with van der Waals surface area (Å²) in [5.74, 6) is 0.224. The van der Waals surface area contributed by atoms with Crippen LogP contribution in [0.1, 0.15) is 57.8 Å². The Morgan fingerprint density at radius 2 is 1.71 bits per heavy atom. The molecule has 0 aromatic carbocycles. The van der Waals surface area contributed by atoms with Crippen LogP contribution in [-0.2, 0) is 4.79 Å². The Balaban J connectivity index is 1.53. The molecule has 24 heavy (non-hydrogen) atoms. The maximum Gasteiger partial charge on any atom is 0.315 e. The van der Waals surface area contributed by atoms with E-state index in [9.17, 15) is 9.59 Å². The number of rotatable bonds is 6. The zero-order valence-electron chi connectivity index (χ0n) is 15.4. The van der Waals surface area contributed by atoms with E-state index in [1.54, 1.807) is 0 Å². The van der Waals surface area contributed by atoms with E-state index in [2.05, 4.69) is 29.6 Å². The van der Waals surface area contributed by atoms with Gasteiger partial charge >= 0.3 is 6.03 Å². The van der Waals surface area contributed by atoms with Gasteiger partial charge in [-0.15, -0.1) is 0 Å². The molecule has 6 heteroatoms. The molecule has 0 aromatic heterocycles. The van der Waals surface area contributed by atoms with Crippen molar-refractivity contribution in [3.05, 3.63) is 0 Å². The van der Waals surface area contributed by atoms with Crippen LogP contribution in [0.5, 0.6) is 0 Å². The van der Waals surface area contributed by atoms with E-state index in [0.29, 0.717) is 31.5 Å². The molecule has 1 saturated carbocycles. The van der Waals surface area contributed by atoms with Gasteiger partial charge in [-0.05, 0) is 46.2 Å². The summed E-state index contributed by atoms with van der Waals surface area (Å²) in [6.45, 7) is 2.28. The number of hydrogen-bond acceptors (Lipinski definition) is 3. The number of carbonyl (C=O) groups is 2. The van der Waals surface area contributed by atoms with Gasteiger partial charge in [-0.25, -0.2) is 4.79 Å². The zero-order chi connectivity index (χ0) is 17.4. The van der Waals surface area contributed by atoms with Crippen molar-refractivity contribution < 1.29 is 9.59 Å². The Kier molecular flexibility index (Phi) is 7.82. The van der Waals surface area contributed by atoms with Crippen molar-refractivity contribution in [3.63, 3.8) is 0 Å². The van der Waals surface area contributed by atoms with Crippen molar-refractivity contribution in [2.45, 2.75) is 69.9 Å². The highest BCUT2D eigenvalue weighted by Crippen LogP contribution is 2.17. The van der Waals surface area contributed by atoms with Gasteiger partial charge in [-0.2, -0.15) is 0 Å². The SMILES string of the molecule is CN(C)C1CCN(C(=O)CCCNC(=O)NC2CCCCC2)CC1. The van der Waals surface area contributed by atoms with Gasteiger partial charge in [0.15, 0.2) is 0 Å². The average Bonchev–Trinajstić information content (AvgIpc) is 2.59. The Morgan fingerprint density at radius 3 is 2.33 bits per heavy atom. The van der Waals surface area contributed by atoms with Crippen LogP contribution in [0.3, 0.4) is 0 Å². The quantitative estimate of drug-likeness (QED) is 0.728. The monoisotopic (exact) mass is 338 g/mol. The van der Waals surface area contributed by atoms with Crippen LogP contribution < -0.4 is 10.6 Å². The second kappa shape index (κ2) is 9.87. The standard InChI is InChI=1S/C18H34N4O2/c1-21(2)16-10-13-22(14-11-16)17(23)9-6-12-19-18(24)20-15-7-4-3-5-8-15/h15-16H,3-14H2,1-2H3,(H2,19,20,24). The molecule has 138 valence electrons. The first-order valence-corrected chi connectivity index (χ1v) is 9.55. The lowest BCUT2D eigenvalue weighted by molar-refractivity contribution is -0.132. The minimum atomic E-state index is -0.0823. The van der Waals surface area contributed by atoms with E-state index in [4.69, 9.17) is 0 Å². The first-order chi connectivity index (χ1) is 11.6. The summed E-state index contributed by atoms with van der Waals surface area (Å²) in [4.78, 5) is 28.3. The molecule has 1 aliphatic heterocycles. The molecule has 2 fully saturated rings. The van der Waals surface area contributed by atoms with Crippen LogP contribution in [0, 0.1) is 0 Å². The Morgan fingerprint density at radius 1 is 1.04 bits per heavy atom. The summed E-state index contributed by atoms with van der Waals surface area (Å²) in [5.41, 5.74) is 0. The zero-order valence-corrected chi connectivity index (χ0v) is 15.4. The molecule has 0 atom stereocenters. The molecule has 0 radical (unpaired) electrons. The number of nitrogens with one attached hydrogen (secondary N) is 2. The van der Waals surface area contributed by atoms with Gasteiger partial charge in [0, 0.05) is 38.1 Å². The fourth-order valence-electron chi connectivity index (χ4n) is 3.71. The molecular weight excluding hydrogens is 304 g/mol. The van der Waals surface area contributed by atoms with Crippen LogP contribution in [0.2, 0.25) is 0 Å². The Bertz CT molecular complexity index is 400. The fraction of sp³-hybridized carbons (Fsp3) is 0.889. The molecule has 1 heterocycles. The molecule has 0 unspecified atom stereocenters. The van der Waals surface area contributed by atoms with Gasteiger partial charge < -0.3 is 20.4 Å². The summed E-state index contributed by atoms with van der Waals surface area (Å²) >= 11 is 0. The minimum Gasteiger partial charge on any atom is -0.343 e. The third-order valence-electron chi connectivity index (χ3n) is 5.34. The maximum atomic E-state index is 12.2. The van der Waals surface area contributed by atoms with Crippen LogP contribution in [0.15, 0.2) is 0 Å². The number of hydrogen-bond donors (Lipinski definition) is 2. The normalized spacial score (nSPS) is 20.2. The lowest BCUT2D eigenvalue weighted by atomic mass is 9.96. The highest BCUT2D eigenvalue weighted by molar-refractivity contribution is 5.76. The average molecular weight is 338 g/mol. The van der Waals surface area contributed by atoms with Gasteiger partial charge in [-0.3, -0.25) is 4.79 Å². The molecule has 0 spiro atoms. The molecule has 0 bridgehead atoms. The molecule has 1 saturated heterocycles. The number of nitrogens with zero attached hydrogens (tertiary/aromatic N) is 2. The van der Waals surface area contributed by atoms with Crippen molar-refractivity contribution in [3.8, 4) is 0 Å². The highest BCUT2D eigenvalue weighted by atomic mass is 16.2. The molecule has 2 aliphatic rings. The van der Waals surface area contributed by atoms with Gasteiger partial charge in [-0.1, -0.05) is 19.3 Å². The Labute approximate surface area is 146 Å². The van der Waals surface area contributed by atoms with E-state index < -0.39 is 0 Å². The van der Waals surface area contributed by atoms with Gasteiger partial charge in [0.2, 0.25) is 5.91 Å². The Hall–Kier alpha value is -1.30. The van der Waals surface area contributed by atoms with Crippen LogP contribution in [-0.4, -0.2) is 67.6 Å². The molecule has 3 amide bonds. The predicted molar refractivity (Wildman–Crippen MR) is 95.9 cm³/mol. The molecule has 6 nitrogen and oxygen atoms in total. The van der Waals surface area contributed by atoms with E-state index in [-0.39, 0.29) is 11.9 Å². The number of carbonyl (C=O) groups excluding carboxylic acids is 2. The highest BCUT2D eigenvalue weighted by Gasteiger charge is 2.23. The largest absolute Gasteiger partial charge is 0.343 e. The van der Waals surface area contributed by atoms with Gasteiger partial charge in [0.05, 0.1) is 0 Å². The topological polar surface area (TPSA) is 64.7 Å². The smallest absolute Gasteiger partial charge is 0.315 e. The fourth-order valence-corrected chi connectivity index (χ4v) is 3.71. The number of likely N-dealkylation sites (tertiary alicyclic amines) is 1. The van der Waals surface area contributed by atoms with E-state index in [1.165, 1.54) is 19.3 Å². The second-order valence-electron chi connectivity index (χ2n) is 7.41. The molecule has 1 aliphatic carbocycles. The number of piperidine rings is 1. The van der Waals surface area contributed by atoms with Crippen LogP contribution in [0.25, 0.3) is 0 Å². The van der Waals surface area contributed by atoms with Crippen LogP contribution in [0.4, 0.5) is 4.79 Å². The van der Waals surface area contributed by atoms with Crippen LogP contribution >= 0.6 is 0 Å². The summed E-state index contributed by atoms with van der Waals surface area (Å²) in [6.07, 6.45) is 9.24. The molecule has 0 aromatic rings. The van der Waals surface area contributed by atoms with E-state index in [0.717, 1.165) is 38.8 Å². The summed E-state index contributed by atoms with van der Waals surface area (Å²) in [7, 11) is 4.21. The third kappa shape index (κ3) is 6.30. The van der Waals surface area contributed by atoms with Crippen molar-refractivity contribution in [1.82, 2.24) is 20.4 Å². The molecule has 2 N–H and O–H groups in total. The first kappa shape index (κ1) is 19.0. The summed E-state index contributed by atoms with van der Waals surface area (Å²) < 4.78 is 0. The first-order valence-electron chi connectivity index (χ1n) is 9.55. The van der Waals surface area contributed by atoms with E-state index >= 15 is 0 Å². The third-order valence-corrected chi connectivity index (χ3v) is 5.34.